The maximum absolute atomic E-state index is 5.40. The Morgan fingerprint density at radius 3 is 2.80 bits per heavy atom. The average Bonchev–Trinajstić information content (AvgIpc) is 2.57. The van der Waals surface area contributed by atoms with Crippen molar-refractivity contribution in [3.63, 3.8) is 0 Å². The fourth-order valence-corrected chi connectivity index (χ4v) is 1.05. The summed E-state index contributed by atoms with van der Waals surface area (Å²) in [4.78, 5) is 0. The fourth-order valence-electron chi connectivity index (χ4n) is 1.05. The van der Waals surface area contributed by atoms with E-state index in [9.17, 15) is 0 Å². The fraction of sp³-hybridized carbons (Fsp3) is 0.778. The second kappa shape index (κ2) is 6.23. The van der Waals surface area contributed by atoms with Gasteiger partial charge in [0.2, 0.25) is 0 Å². The van der Waals surface area contributed by atoms with E-state index < -0.39 is 0 Å². The minimum atomic E-state index is 0.0839. The molecule has 0 saturated heterocycles. The maximum atomic E-state index is 5.40. The first kappa shape index (κ1) is 11.8. The standard InChI is InChI=1S/C9H18N4O2/c1-7(2)14-6-4-3-5-11-9-13-12-8(10)15-9/h7H,3-6H2,1-2H3,(H2,10,12)(H,11,13). The van der Waals surface area contributed by atoms with Crippen LogP contribution in [0.3, 0.4) is 0 Å². The summed E-state index contributed by atoms with van der Waals surface area (Å²) >= 11 is 0. The minimum absolute atomic E-state index is 0.0839. The molecule has 1 aromatic heterocycles. The van der Waals surface area contributed by atoms with E-state index in [1.165, 1.54) is 0 Å². The highest BCUT2D eigenvalue weighted by Crippen LogP contribution is 2.05. The van der Waals surface area contributed by atoms with Crippen LogP contribution in [-0.4, -0.2) is 29.5 Å². The van der Waals surface area contributed by atoms with Crippen LogP contribution in [0.5, 0.6) is 0 Å². The Balaban J connectivity index is 1.98. The van der Waals surface area contributed by atoms with Crippen molar-refractivity contribution in [2.75, 3.05) is 24.2 Å². The van der Waals surface area contributed by atoms with Gasteiger partial charge in [-0.25, -0.2) is 0 Å². The van der Waals surface area contributed by atoms with Crippen molar-refractivity contribution in [2.24, 2.45) is 0 Å². The first-order valence-electron chi connectivity index (χ1n) is 5.13. The van der Waals surface area contributed by atoms with E-state index in [-0.39, 0.29) is 6.01 Å². The molecule has 3 N–H and O–H groups in total. The second-order valence-electron chi connectivity index (χ2n) is 3.50. The molecule has 86 valence electrons. The molecule has 0 atom stereocenters. The summed E-state index contributed by atoms with van der Waals surface area (Å²) in [6, 6.07) is 0.456. The van der Waals surface area contributed by atoms with Crippen LogP contribution in [0.2, 0.25) is 0 Å². The number of unbranched alkanes of at least 4 members (excludes halogenated alkanes) is 1. The van der Waals surface area contributed by atoms with Gasteiger partial charge in [-0.1, -0.05) is 10.2 Å². The van der Waals surface area contributed by atoms with Crippen LogP contribution in [0.1, 0.15) is 26.7 Å². The Hall–Kier alpha value is -1.30. The Bertz CT molecular complexity index is 275. The van der Waals surface area contributed by atoms with Crippen LogP contribution in [0, 0.1) is 0 Å². The molecule has 0 aliphatic heterocycles. The number of anilines is 2. The number of nitrogen functional groups attached to an aromatic ring is 1. The highest BCUT2D eigenvalue weighted by molar-refractivity contribution is 5.21. The smallest absolute Gasteiger partial charge is 0.316 e. The molecule has 1 rings (SSSR count). The van der Waals surface area contributed by atoms with Crippen molar-refractivity contribution in [1.29, 1.82) is 0 Å². The SMILES string of the molecule is CC(C)OCCCCNc1nnc(N)o1. The van der Waals surface area contributed by atoms with Crippen LogP contribution in [0.25, 0.3) is 0 Å². The van der Waals surface area contributed by atoms with Gasteiger partial charge in [-0.3, -0.25) is 0 Å². The molecule has 15 heavy (non-hydrogen) atoms. The Labute approximate surface area is 89.2 Å². The third kappa shape index (κ3) is 5.21. The zero-order valence-electron chi connectivity index (χ0n) is 9.19. The third-order valence-corrected chi connectivity index (χ3v) is 1.74. The number of hydrogen-bond acceptors (Lipinski definition) is 6. The second-order valence-corrected chi connectivity index (χ2v) is 3.50. The summed E-state index contributed by atoms with van der Waals surface area (Å²) in [7, 11) is 0. The average molecular weight is 214 g/mol. The highest BCUT2D eigenvalue weighted by atomic mass is 16.5. The quantitative estimate of drug-likeness (QED) is 0.665. The van der Waals surface area contributed by atoms with Gasteiger partial charge < -0.3 is 20.2 Å². The van der Waals surface area contributed by atoms with Gasteiger partial charge in [0.15, 0.2) is 0 Å². The Kier molecular flexibility index (Phi) is 4.89. The molecule has 0 aliphatic rings. The van der Waals surface area contributed by atoms with Crippen LogP contribution < -0.4 is 11.1 Å². The predicted molar refractivity (Wildman–Crippen MR) is 57.5 cm³/mol. The van der Waals surface area contributed by atoms with Gasteiger partial charge in [-0.2, -0.15) is 0 Å². The molecule has 0 saturated carbocycles. The zero-order valence-corrected chi connectivity index (χ0v) is 9.19. The summed E-state index contributed by atoms with van der Waals surface area (Å²) in [5, 5.41) is 10.2. The summed E-state index contributed by atoms with van der Waals surface area (Å²) in [5.74, 6) is 0. The lowest BCUT2D eigenvalue weighted by Gasteiger charge is -2.06. The molecule has 0 spiro atoms. The molecule has 1 aromatic rings. The molecule has 6 heteroatoms. The van der Waals surface area contributed by atoms with Crippen LogP contribution in [-0.2, 0) is 4.74 Å². The van der Waals surface area contributed by atoms with Gasteiger partial charge in [0, 0.05) is 13.2 Å². The molecule has 6 nitrogen and oxygen atoms in total. The van der Waals surface area contributed by atoms with Crippen LogP contribution in [0.15, 0.2) is 4.42 Å². The van der Waals surface area contributed by atoms with Gasteiger partial charge in [-0.05, 0) is 26.7 Å². The molecule has 0 aromatic carbocycles. The van der Waals surface area contributed by atoms with Gasteiger partial charge in [0.1, 0.15) is 0 Å². The van der Waals surface area contributed by atoms with E-state index in [1.807, 2.05) is 13.8 Å². The van der Waals surface area contributed by atoms with Crippen molar-refractivity contribution >= 4 is 12.0 Å². The lowest BCUT2D eigenvalue weighted by atomic mass is 10.3. The molecule has 1 heterocycles. The van der Waals surface area contributed by atoms with E-state index in [0.29, 0.717) is 12.1 Å². The monoisotopic (exact) mass is 214 g/mol. The molecule has 0 radical (unpaired) electrons. The van der Waals surface area contributed by atoms with E-state index >= 15 is 0 Å². The van der Waals surface area contributed by atoms with Gasteiger partial charge in [0.05, 0.1) is 6.10 Å². The number of nitrogens with zero attached hydrogens (tertiary/aromatic N) is 2. The number of nitrogens with two attached hydrogens (primary N) is 1. The van der Waals surface area contributed by atoms with Crippen LogP contribution in [0.4, 0.5) is 12.0 Å². The number of nitrogens with one attached hydrogen (secondary N) is 1. The minimum Gasteiger partial charge on any atom is -0.390 e. The Morgan fingerprint density at radius 2 is 2.20 bits per heavy atom. The number of rotatable bonds is 7. The van der Waals surface area contributed by atoms with Crippen molar-refractivity contribution < 1.29 is 9.15 Å². The normalized spacial score (nSPS) is 10.9. The van der Waals surface area contributed by atoms with E-state index in [1.54, 1.807) is 0 Å². The first-order chi connectivity index (χ1) is 7.18. The molecule has 0 aliphatic carbocycles. The molecular formula is C9H18N4O2. The first-order valence-corrected chi connectivity index (χ1v) is 5.13. The van der Waals surface area contributed by atoms with Crippen molar-refractivity contribution in [1.82, 2.24) is 10.2 Å². The van der Waals surface area contributed by atoms with Gasteiger partial charge >= 0.3 is 12.0 Å². The lowest BCUT2D eigenvalue weighted by Crippen LogP contribution is -2.07. The predicted octanol–water partition coefficient (Wildman–Crippen LogP) is 1.27. The third-order valence-electron chi connectivity index (χ3n) is 1.74. The van der Waals surface area contributed by atoms with E-state index in [4.69, 9.17) is 14.9 Å². The number of hydrogen-bond donors (Lipinski definition) is 2. The molecule has 0 bridgehead atoms. The molecular weight excluding hydrogens is 196 g/mol. The van der Waals surface area contributed by atoms with E-state index in [2.05, 4.69) is 15.5 Å². The Morgan fingerprint density at radius 1 is 1.40 bits per heavy atom. The van der Waals surface area contributed by atoms with Gasteiger partial charge in [0.25, 0.3) is 0 Å². The summed E-state index contributed by atoms with van der Waals surface area (Å²) in [6.45, 7) is 5.62. The molecule has 0 amide bonds. The molecule has 0 unspecified atom stereocenters. The van der Waals surface area contributed by atoms with Crippen molar-refractivity contribution in [2.45, 2.75) is 32.8 Å². The van der Waals surface area contributed by atoms with Gasteiger partial charge in [-0.15, -0.1) is 0 Å². The number of ether oxygens (including phenoxy) is 1. The summed E-state index contributed by atoms with van der Waals surface area (Å²) < 4.78 is 10.3. The largest absolute Gasteiger partial charge is 0.390 e. The topological polar surface area (TPSA) is 86.2 Å². The van der Waals surface area contributed by atoms with Crippen LogP contribution >= 0.6 is 0 Å². The summed E-state index contributed by atoms with van der Waals surface area (Å²) in [6.07, 6.45) is 2.30. The molecule has 0 fully saturated rings. The zero-order chi connectivity index (χ0) is 11.1. The van der Waals surface area contributed by atoms with Crippen molar-refractivity contribution in [3.8, 4) is 0 Å². The van der Waals surface area contributed by atoms with Crippen molar-refractivity contribution in [3.05, 3.63) is 0 Å². The highest BCUT2D eigenvalue weighted by Gasteiger charge is 2.00. The number of aromatic nitrogens is 2. The van der Waals surface area contributed by atoms with E-state index in [0.717, 1.165) is 26.0 Å². The summed E-state index contributed by atoms with van der Waals surface area (Å²) in [5.41, 5.74) is 5.26. The lowest BCUT2D eigenvalue weighted by molar-refractivity contribution is 0.0765. The maximum Gasteiger partial charge on any atom is 0.316 e.